The lowest BCUT2D eigenvalue weighted by atomic mass is 10.1. The first-order valence-electron chi connectivity index (χ1n) is 10.2. The lowest BCUT2D eigenvalue weighted by Gasteiger charge is -2.31. The van der Waals surface area contributed by atoms with E-state index in [1.807, 2.05) is 42.5 Å². The van der Waals surface area contributed by atoms with Gasteiger partial charge in [0.05, 0.1) is 18.3 Å². The summed E-state index contributed by atoms with van der Waals surface area (Å²) in [5.74, 6) is -0.420. The second kappa shape index (κ2) is 9.86. The molecular weight excluding hydrogens is 446 g/mol. The summed E-state index contributed by atoms with van der Waals surface area (Å²) in [4.78, 5) is 23.7. The summed E-state index contributed by atoms with van der Waals surface area (Å²) < 4.78 is 31.6. The average molecular weight is 472 g/mol. The number of anilines is 1. The Balaban J connectivity index is 1.92. The molecule has 10 heteroatoms. The Morgan fingerprint density at radius 1 is 1.12 bits per heavy atom. The van der Waals surface area contributed by atoms with Crippen LogP contribution in [-0.4, -0.2) is 38.7 Å². The standard InChI is InChI=1S/C23H25N3O6S/c1-4-20(23(27)24-15-16-9-10-17-7-5-6-8-18(17)13-16)25(33(3,30)31)21-14-19(26(28)29)11-12-22(21)32-2/h5-14,20H,4,15H2,1-3H3,(H,24,27). The second-order valence-electron chi connectivity index (χ2n) is 7.50. The summed E-state index contributed by atoms with van der Waals surface area (Å²) in [6.07, 6.45) is 1.09. The lowest BCUT2D eigenvalue weighted by molar-refractivity contribution is -0.384. The summed E-state index contributed by atoms with van der Waals surface area (Å²) >= 11 is 0. The number of amides is 1. The van der Waals surface area contributed by atoms with Gasteiger partial charge in [-0.05, 0) is 34.9 Å². The van der Waals surface area contributed by atoms with Crippen LogP contribution < -0.4 is 14.4 Å². The zero-order valence-electron chi connectivity index (χ0n) is 18.5. The van der Waals surface area contributed by atoms with Crippen molar-refractivity contribution in [3.05, 3.63) is 76.3 Å². The zero-order chi connectivity index (χ0) is 24.2. The monoisotopic (exact) mass is 471 g/mol. The predicted octanol–water partition coefficient (Wildman–Crippen LogP) is 3.62. The molecule has 0 heterocycles. The predicted molar refractivity (Wildman–Crippen MR) is 127 cm³/mol. The van der Waals surface area contributed by atoms with Gasteiger partial charge in [0, 0.05) is 18.7 Å². The van der Waals surface area contributed by atoms with E-state index in [4.69, 9.17) is 4.74 Å². The number of carbonyl (C=O) groups is 1. The van der Waals surface area contributed by atoms with E-state index in [-0.39, 0.29) is 30.1 Å². The number of fused-ring (bicyclic) bond motifs is 1. The number of benzene rings is 3. The van der Waals surface area contributed by atoms with Gasteiger partial charge in [0.15, 0.2) is 0 Å². The Kier molecular flexibility index (Phi) is 7.17. The van der Waals surface area contributed by atoms with Crippen molar-refractivity contribution in [3.63, 3.8) is 0 Å². The van der Waals surface area contributed by atoms with Crippen LogP contribution in [0.3, 0.4) is 0 Å². The number of ether oxygens (including phenoxy) is 1. The van der Waals surface area contributed by atoms with E-state index in [1.54, 1.807) is 6.92 Å². The maximum absolute atomic E-state index is 13.1. The maximum atomic E-state index is 13.1. The van der Waals surface area contributed by atoms with Gasteiger partial charge in [-0.25, -0.2) is 8.42 Å². The van der Waals surface area contributed by atoms with E-state index < -0.39 is 26.9 Å². The number of non-ortho nitro benzene ring substituents is 1. The molecule has 0 aliphatic carbocycles. The van der Waals surface area contributed by atoms with Gasteiger partial charge in [-0.15, -0.1) is 0 Å². The van der Waals surface area contributed by atoms with E-state index >= 15 is 0 Å². The van der Waals surface area contributed by atoms with Crippen LogP contribution in [0, 0.1) is 10.1 Å². The molecule has 0 saturated carbocycles. The molecule has 0 fully saturated rings. The SMILES string of the molecule is CCC(C(=O)NCc1ccc2ccccc2c1)N(c1cc([N+](=O)[O-])ccc1OC)S(C)(=O)=O. The normalized spacial score (nSPS) is 12.2. The third-order valence-electron chi connectivity index (χ3n) is 5.22. The summed E-state index contributed by atoms with van der Waals surface area (Å²) in [6.45, 7) is 1.87. The van der Waals surface area contributed by atoms with Gasteiger partial charge >= 0.3 is 0 Å². The van der Waals surface area contributed by atoms with Crippen molar-refractivity contribution >= 4 is 38.1 Å². The highest BCUT2D eigenvalue weighted by molar-refractivity contribution is 7.92. The molecule has 0 spiro atoms. The zero-order valence-corrected chi connectivity index (χ0v) is 19.3. The average Bonchev–Trinajstić information content (AvgIpc) is 2.79. The van der Waals surface area contributed by atoms with Crippen molar-refractivity contribution in [1.82, 2.24) is 5.32 Å². The summed E-state index contributed by atoms with van der Waals surface area (Å²) in [5.41, 5.74) is 0.475. The number of methoxy groups -OCH3 is 1. The van der Waals surface area contributed by atoms with Crippen molar-refractivity contribution in [2.24, 2.45) is 0 Å². The molecule has 0 aliphatic rings. The first-order valence-corrected chi connectivity index (χ1v) is 12.1. The van der Waals surface area contributed by atoms with Gasteiger partial charge in [-0.3, -0.25) is 19.2 Å². The molecule has 1 unspecified atom stereocenters. The Morgan fingerprint density at radius 2 is 1.82 bits per heavy atom. The van der Waals surface area contributed by atoms with Crippen LogP contribution in [0.25, 0.3) is 10.8 Å². The third kappa shape index (κ3) is 5.40. The summed E-state index contributed by atoms with van der Waals surface area (Å²) in [5, 5.41) is 16.2. The fourth-order valence-corrected chi connectivity index (χ4v) is 4.86. The summed E-state index contributed by atoms with van der Waals surface area (Å²) in [7, 11) is -2.67. The van der Waals surface area contributed by atoms with Gasteiger partial charge in [0.1, 0.15) is 17.5 Å². The molecule has 3 aromatic rings. The van der Waals surface area contributed by atoms with E-state index in [1.165, 1.54) is 19.2 Å². The van der Waals surface area contributed by atoms with Crippen molar-refractivity contribution in [2.45, 2.75) is 25.9 Å². The number of rotatable bonds is 9. The fraction of sp³-hybridized carbons (Fsp3) is 0.261. The first-order chi connectivity index (χ1) is 15.7. The molecule has 174 valence electrons. The van der Waals surface area contributed by atoms with Gasteiger partial charge in [-0.1, -0.05) is 43.3 Å². The quantitative estimate of drug-likeness (QED) is 0.376. The number of nitrogens with zero attached hydrogens (tertiary/aromatic N) is 2. The Hall–Kier alpha value is -3.66. The minimum Gasteiger partial charge on any atom is -0.495 e. The highest BCUT2D eigenvalue weighted by Crippen LogP contribution is 2.35. The Bertz CT molecular complexity index is 1290. The van der Waals surface area contributed by atoms with Crippen molar-refractivity contribution in [1.29, 1.82) is 0 Å². The van der Waals surface area contributed by atoms with Crippen molar-refractivity contribution in [2.75, 3.05) is 17.7 Å². The molecule has 3 aromatic carbocycles. The lowest BCUT2D eigenvalue weighted by Crippen LogP contribution is -2.49. The van der Waals surface area contributed by atoms with E-state index in [9.17, 15) is 23.3 Å². The van der Waals surface area contributed by atoms with Crippen LogP contribution >= 0.6 is 0 Å². The van der Waals surface area contributed by atoms with Gasteiger partial charge in [-0.2, -0.15) is 0 Å². The Morgan fingerprint density at radius 3 is 2.42 bits per heavy atom. The van der Waals surface area contributed by atoms with Gasteiger partial charge in [0.25, 0.3) is 5.69 Å². The molecule has 3 rings (SSSR count). The molecule has 0 aromatic heterocycles. The number of nitrogens with one attached hydrogen (secondary N) is 1. The Labute approximate surface area is 192 Å². The molecule has 1 N–H and O–H groups in total. The molecule has 0 aliphatic heterocycles. The molecule has 0 bridgehead atoms. The first kappa shape index (κ1) is 24.0. The second-order valence-corrected chi connectivity index (χ2v) is 9.35. The molecule has 0 saturated heterocycles. The van der Waals surface area contributed by atoms with E-state index in [0.29, 0.717) is 0 Å². The number of nitro groups is 1. The molecule has 1 amide bonds. The smallest absolute Gasteiger partial charge is 0.271 e. The molecular formula is C23H25N3O6S. The highest BCUT2D eigenvalue weighted by Gasteiger charge is 2.34. The number of nitro benzene ring substituents is 1. The van der Waals surface area contributed by atoms with Crippen LogP contribution in [-0.2, 0) is 21.4 Å². The number of hydrogen-bond acceptors (Lipinski definition) is 6. The highest BCUT2D eigenvalue weighted by atomic mass is 32.2. The summed E-state index contributed by atoms with van der Waals surface area (Å²) in [6, 6.07) is 16.1. The largest absolute Gasteiger partial charge is 0.495 e. The maximum Gasteiger partial charge on any atom is 0.271 e. The number of carbonyl (C=O) groups excluding carboxylic acids is 1. The van der Waals surface area contributed by atoms with Crippen molar-refractivity contribution < 1.29 is 22.9 Å². The van der Waals surface area contributed by atoms with Crippen LogP contribution in [0.2, 0.25) is 0 Å². The van der Waals surface area contributed by atoms with E-state index in [2.05, 4.69) is 5.32 Å². The van der Waals surface area contributed by atoms with Gasteiger partial charge in [0.2, 0.25) is 15.9 Å². The van der Waals surface area contributed by atoms with Crippen molar-refractivity contribution in [3.8, 4) is 5.75 Å². The molecule has 33 heavy (non-hydrogen) atoms. The van der Waals surface area contributed by atoms with E-state index in [0.717, 1.165) is 33.0 Å². The topological polar surface area (TPSA) is 119 Å². The van der Waals surface area contributed by atoms with Crippen LogP contribution in [0.15, 0.2) is 60.7 Å². The van der Waals surface area contributed by atoms with Crippen LogP contribution in [0.4, 0.5) is 11.4 Å². The minimum atomic E-state index is -3.99. The van der Waals surface area contributed by atoms with Crippen LogP contribution in [0.5, 0.6) is 5.75 Å². The number of hydrogen-bond donors (Lipinski definition) is 1. The molecule has 1 atom stereocenters. The fourth-order valence-electron chi connectivity index (χ4n) is 3.66. The minimum absolute atomic E-state index is 0.0677. The van der Waals surface area contributed by atoms with Gasteiger partial charge < -0.3 is 10.1 Å². The number of sulfonamides is 1. The molecule has 9 nitrogen and oxygen atoms in total. The van der Waals surface area contributed by atoms with Crippen LogP contribution in [0.1, 0.15) is 18.9 Å². The molecule has 0 radical (unpaired) electrons. The third-order valence-corrected chi connectivity index (χ3v) is 6.39.